The van der Waals surface area contributed by atoms with Crippen LogP contribution in [0.4, 0.5) is 39.5 Å². The maximum atomic E-state index is 14.9. The average molecular weight is 675 g/mol. The Labute approximate surface area is 253 Å². The van der Waals surface area contributed by atoms with Crippen molar-refractivity contribution in [3.63, 3.8) is 0 Å². The minimum absolute atomic E-state index is 0.194. The van der Waals surface area contributed by atoms with E-state index >= 15 is 0 Å². The van der Waals surface area contributed by atoms with Gasteiger partial charge in [-0.25, -0.2) is 53.2 Å². The molecule has 0 amide bonds. The first-order chi connectivity index (χ1) is 22.6. The molecule has 7 aromatic rings. The molecule has 0 aliphatic rings. The van der Waals surface area contributed by atoms with E-state index in [1.165, 1.54) is 0 Å². The lowest BCUT2D eigenvalue weighted by atomic mass is 10.0. The summed E-state index contributed by atoms with van der Waals surface area (Å²) in [4.78, 5) is 82.5. The van der Waals surface area contributed by atoms with E-state index in [9.17, 15) is 68.3 Å². The summed E-state index contributed by atoms with van der Waals surface area (Å²) in [5.74, 6) is -18.2. The molecular formula is C30H6F9N3O6. The van der Waals surface area contributed by atoms with Crippen molar-refractivity contribution in [1.29, 1.82) is 0 Å². The SMILES string of the molecule is O=c1c2c3c(=O)n(-c4ccc(F)c(F)c4F)c(=O)c3c3c(=O)n(-c4ccc(F)c(F)c4F)c(=O)c3c2c(=O)n1-c1ccc(F)c(F)c1F. The fraction of sp³-hybridized carbons (Fsp3) is 0. The largest absolute Gasteiger partial charge is 0.268 e. The van der Waals surface area contributed by atoms with Gasteiger partial charge in [0.2, 0.25) is 0 Å². The molecule has 7 rings (SSSR count). The van der Waals surface area contributed by atoms with E-state index in [0.717, 1.165) is 0 Å². The van der Waals surface area contributed by atoms with Crippen molar-refractivity contribution in [2.75, 3.05) is 0 Å². The summed E-state index contributed by atoms with van der Waals surface area (Å²) in [6, 6.07) is 2.08. The molecule has 0 saturated carbocycles. The molecule has 240 valence electrons. The normalized spacial score (nSPS) is 11.9. The molecule has 0 radical (unpaired) electrons. The van der Waals surface area contributed by atoms with E-state index < -0.39 is 135 Å². The summed E-state index contributed by atoms with van der Waals surface area (Å²) in [5.41, 5.74) is -14.5. The maximum absolute atomic E-state index is 14.9. The zero-order valence-electron chi connectivity index (χ0n) is 22.7. The third-order valence-corrected chi connectivity index (χ3v) is 7.77. The highest BCUT2D eigenvalue weighted by Crippen LogP contribution is 2.29. The summed E-state index contributed by atoms with van der Waals surface area (Å²) in [7, 11) is 0. The second-order valence-corrected chi connectivity index (χ2v) is 10.2. The monoisotopic (exact) mass is 675 g/mol. The number of fused-ring (bicyclic) bond motifs is 6. The molecule has 0 saturated heterocycles. The van der Waals surface area contributed by atoms with Gasteiger partial charge in [0, 0.05) is 0 Å². The predicted octanol–water partition coefficient (Wildman–Crippen LogP) is 3.24. The third-order valence-electron chi connectivity index (χ3n) is 7.77. The Bertz CT molecular complexity index is 2520. The van der Waals surface area contributed by atoms with Gasteiger partial charge in [0.25, 0.3) is 33.4 Å². The van der Waals surface area contributed by atoms with Crippen molar-refractivity contribution in [3.8, 4) is 17.1 Å². The van der Waals surface area contributed by atoms with Crippen LogP contribution in [-0.4, -0.2) is 13.7 Å². The predicted molar refractivity (Wildman–Crippen MR) is 148 cm³/mol. The van der Waals surface area contributed by atoms with Gasteiger partial charge in [0.15, 0.2) is 52.4 Å². The molecular weight excluding hydrogens is 669 g/mol. The fourth-order valence-electron chi connectivity index (χ4n) is 5.70. The Morgan fingerprint density at radius 2 is 0.479 bits per heavy atom. The maximum Gasteiger partial charge on any atom is 0.267 e. The van der Waals surface area contributed by atoms with Gasteiger partial charge in [-0.2, -0.15) is 0 Å². The Kier molecular flexibility index (Phi) is 6.21. The summed E-state index contributed by atoms with van der Waals surface area (Å²) < 4.78 is 128. The Hall–Kier alpha value is -6.33. The molecule has 0 bridgehead atoms. The van der Waals surface area contributed by atoms with E-state index in [2.05, 4.69) is 0 Å². The van der Waals surface area contributed by atoms with Gasteiger partial charge in [0.05, 0.1) is 49.4 Å². The molecule has 3 aromatic heterocycles. The van der Waals surface area contributed by atoms with Crippen LogP contribution in [-0.2, 0) is 0 Å². The van der Waals surface area contributed by atoms with Crippen LogP contribution in [0.2, 0.25) is 0 Å². The molecule has 3 heterocycles. The number of rotatable bonds is 3. The lowest BCUT2D eigenvalue weighted by Crippen LogP contribution is -2.26. The van der Waals surface area contributed by atoms with Gasteiger partial charge in [-0.05, 0) is 36.4 Å². The van der Waals surface area contributed by atoms with E-state index in [0.29, 0.717) is 18.2 Å². The second-order valence-electron chi connectivity index (χ2n) is 10.2. The van der Waals surface area contributed by atoms with Crippen LogP contribution in [0.1, 0.15) is 0 Å². The number of benzene rings is 4. The van der Waals surface area contributed by atoms with Crippen molar-refractivity contribution < 1.29 is 39.5 Å². The Morgan fingerprint density at radius 3 is 0.667 bits per heavy atom. The van der Waals surface area contributed by atoms with Crippen LogP contribution >= 0.6 is 0 Å². The van der Waals surface area contributed by atoms with Crippen LogP contribution in [0, 0.1) is 52.4 Å². The first-order valence-corrected chi connectivity index (χ1v) is 12.9. The molecule has 0 aliphatic carbocycles. The van der Waals surface area contributed by atoms with Crippen LogP contribution in [0.3, 0.4) is 0 Å². The first kappa shape index (κ1) is 30.3. The van der Waals surface area contributed by atoms with E-state index in [1.54, 1.807) is 0 Å². The minimum atomic E-state index is -2.18. The topological polar surface area (TPSA) is 117 Å². The zero-order chi connectivity index (χ0) is 34.8. The van der Waals surface area contributed by atoms with Crippen LogP contribution < -0.4 is 33.4 Å². The van der Waals surface area contributed by atoms with Crippen molar-refractivity contribution in [1.82, 2.24) is 13.7 Å². The molecule has 0 unspecified atom stereocenters. The molecule has 0 spiro atoms. The van der Waals surface area contributed by atoms with Crippen LogP contribution in [0.15, 0.2) is 65.2 Å². The van der Waals surface area contributed by atoms with Crippen molar-refractivity contribution in [3.05, 3.63) is 151 Å². The lowest BCUT2D eigenvalue weighted by Gasteiger charge is -2.04. The number of nitrogens with zero attached hydrogens (tertiary/aromatic N) is 3. The smallest absolute Gasteiger partial charge is 0.267 e. The quantitative estimate of drug-likeness (QED) is 0.210. The summed E-state index contributed by atoms with van der Waals surface area (Å²) in [5, 5.41) is -7.44. The van der Waals surface area contributed by atoms with Gasteiger partial charge in [-0.15, -0.1) is 0 Å². The van der Waals surface area contributed by atoms with Crippen LogP contribution in [0.5, 0.6) is 0 Å². The molecule has 0 N–H and O–H groups in total. The van der Waals surface area contributed by atoms with Gasteiger partial charge in [0.1, 0.15) is 0 Å². The Balaban J connectivity index is 1.80. The molecule has 9 nitrogen and oxygen atoms in total. The van der Waals surface area contributed by atoms with Gasteiger partial charge >= 0.3 is 0 Å². The summed E-state index contributed by atoms with van der Waals surface area (Å²) in [6.45, 7) is 0. The molecule has 0 aliphatic heterocycles. The van der Waals surface area contributed by atoms with Crippen LogP contribution in [0.25, 0.3) is 49.4 Å². The lowest BCUT2D eigenvalue weighted by molar-refractivity contribution is 0.444. The summed E-state index contributed by atoms with van der Waals surface area (Å²) >= 11 is 0. The molecule has 0 atom stereocenters. The van der Waals surface area contributed by atoms with Crippen molar-refractivity contribution in [2.45, 2.75) is 0 Å². The highest BCUT2D eigenvalue weighted by Gasteiger charge is 2.34. The van der Waals surface area contributed by atoms with Gasteiger partial charge in [-0.3, -0.25) is 28.8 Å². The molecule has 0 fully saturated rings. The van der Waals surface area contributed by atoms with Crippen molar-refractivity contribution >= 4 is 32.3 Å². The minimum Gasteiger partial charge on any atom is -0.268 e. The van der Waals surface area contributed by atoms with Gasteiger partial charge in [-0.1, -0.05) is 0 Å². The highest BCUT2D eigenvalue weighted by molar-refractivity contribution is 6.25. The number of hydrogen-bond donors (Lipinski definition) is 0. The van der Waals surface area contributed by atoms with Crippen molar-refractivity contribution in [2.24, 2.45) is 0 Å². The number of hydrogen-bond acceptors (Lipinski definition) is 6. The second kappa shape index (κ2) is 9.84. The molecule has 18 heteroatoms. The Morgan fingerprint density at radius 1 is 0.292 bits per heavy atom. The fourth-order valence-corrected chi connectivity index (χ4v) is 5.70. The number of aromatic nitrogens is 3. The standard InChI is InChI=1S/C30H6F9N3O6/c31-7-1-4-10(22(37)19(7)34)40-25(43)13-14(26(40)44)16-18(30(48)42(28(16)46)12-6-3-9(33)21(36)24(12)39)17-15(13)27(45)41(29(17)47)11-5-2-8(32)20(35)23(11)38/h1-6H. The zero-order valence-corrected chi connectivity index (χ0v) is 22.7. The highest BCUT2D eigenvalue weighted by atomic mass is 19.2. The molecule has 4 aromatic carbocycles. The van der Waals surface area contributed by atoms with Gasteiger partial charge < -0.3 is 0 Å². The third kappa shape index (κ3) is 3.58. The first-order valence-electron chi connectivity index (χ1n) is 12.9. The average Bonchev–Trinajstić information content (AvgIpc) is 3.57. The number of halogens is 9. The molecule has 48 heavy (non-hydrogen) atoms. The van der Waals surface area contributed by atoms with E-state index in [1.807, 2.05) is 0 Å². The van der Waals surface area contributed by atoms with E-state index in [-0.39, 0.29) is 31.9 Å². The summed E-state index contributed by atoms with van der Waals surface area (Å²) in [6.07, 6.45) is 0. The van der Waals surface area contributed by atoms with E-state index in [4.69, 9.17) is 0 Å².